The highest BCUT2D eigenvalue weighted by Crippen LogP contribution is 2.42. The molecular weight excluding hydrogens is 474 g/mol. The Kier molecular flexibility index (Phi) is 7.95. The third kappa shape index (κ3) is 5.75. The van der Waals surface area contributed by atoms with Crippen LogP contribution in [0.5, 0.6) is 11.5 Å². The second-order valence-electron chi connectivity index (χ2n) is 7.61. The Morgan fingerprint density at radius 2 is 1.76 bits per heavy atom. The predicted octanol–water partition coefficient (Wildman–Crippen LogP) is 3.95. The van der Waals surface area contributed by atoms with Crippen molar-refractivity contribution in [3.05, 3.63) is 64.5 Å². The molecule has 1 heterocycles. The quantitative estimate of drug-likeness (QED) is 0.352. The van der Waals surface area contributed by atoms with Gasteiger partial charge >= 0.3 is 0 Å². The third-order valence-corrected chi connectivity index (χ3v) is 7.46. The number of benzene rings is 2. The van der Waals surface area contributed by atoms with Crippen molar-refractivity contribution in [1.82, 2.24) is 10.2 Å². The molecule has 0 aliphatic rings. The van der Waals surface area contributed by atoms with Crippen LogP contribution in [-0.4, -0.2) is 53.8 Å². The summed E-state index contributed by atoms with van der Waals surface area (Å²) >= 11 is 1.36. The fraction of sp³-hybridized carbons (Fsp3) is 0.250. The lowest BCUT2D eigenvalue weighted by molar-refractivity contribution is 0.0963. The van der Waals surface area contributed by atoms with Gasteiger partial charge in [0.15, 0.2) is 0 Å². The number of ether oxygens (including phenoxy) is 2. The van der Waals surface area contributed by atoms with Crippen LogP contribution in [0.25, 0.3) is 10.4 Å². The third-order valence-electron chi connectivity index (χ3n) is 4.90. The van der Waals surface area contributed by atoms with Gasteiger partial charge in [-0.25, -0.2) is 0 Å². The summed E-state index contributed by atoms with van der Waals surface area (Å²) in [7, 11) is 2.80. The Bertz CT molecular complexity index is 1280. The number of carbonyl (C=O) groups is 1. The van der Waals surface area contributed by atoms with Crippen LogP contribution in [0.1, 0.15) is 20.8 Å². The molecule has 3 rings (SSSR count). The Labute approximate surface area is 203 Å². The van der Waals surface area contributed by atoms with Gasteiger partial charge in [0, 0.05) is 31.6 Å². The number of nitrogens with one attached hydrogen (secondary N) is 1. The van der Waals surface area contributed by atoms with Gasteiger partial charge in [-0.2, -0.15) is 8.42 Å². The number of rotatable bonds is 9. The maximum atomic E-state index is 12.5. The number of hydrogen-bond donors (Lipinski definition) is 1. The molecule has 10 heteroatoms. The summed E-state index contributed by atoms with van der Waals surface area (Å²) < 4.78 is 39.5. The van der Waals surface area contributed by atoms with E-state index in [1.54, 1.807) is 45.3 Å². The maximum Gasteiger partial charge on any atom is 0.283 e. The topological polar surface area (TPSA) is 97.3 Å². The standard InChI is InChI=1S/C24H27N3O5S2/c1-16-21(23(24(28)25-2)33-22(16)18-8-10-19(31-5)11-9-18)32-14-17-6-12-20(13-7-17)34(29,30)26-15-27(3)4/h6-13,15H,14H2,1-5H3,(H,25,28). The van der Waals surface area contributed by atoms with Gasteiger partial charge in [-0.15, -0.1) is 15.7 Å². The summed E-state index contributed by atoms with van der Waals surface area (Å²) in [6.07, 6.45) is 1.24. The summed E-state index contributed by atoms with van der Waals surface area (Å²) in [6, 6.07) is 13.9. The lowest BCUT2D eigenvalue weighted by Crippen LogP contribution is -2.17. The molecule has 0 unspecified atom stereocenters. The van der Waals surface area contributed by atoms with Crippen molar-refractivity contribution in [2.45, 2.75) is 18.4 Å². The van der Waals surface area contributed by atoms with E-state index >= 15 is 0 Å². The van der Waals surface area contributed by atoms with E-state index in [2.05, 4.69) is 9.71 Å². The summed E-state index contributed by atoms with van der Waals surface area (Å²) in [4.78, 5) is 15.6. The highest BCUT2D eigenvalue weighted by Gasteiger charge is 2.22. The molecule has 0 atom stereocenters. The smallest absolute Gasteiger partial charge is 0.283 e. The van der Waals surface area contributed by atoms with Crippen LogP contribution >= 0.6 is 11.3 Å². The summed E-state index contributed by atoms with van der Waals surface area (Å²) in [6.45, 7) is 2.08. The van der Waals surface area contributed by atoms with Crippen LogP contribution in [0.2, 0.25) is 0 Å². The van der Waals surface area contributed by atoms with E-state index in [0.717, 1.165) is 27.3 Å². The van der Waals surface area contributed by atoms with Crippen LogP contribution < -0.4 is 14.8 Å². The SMILES string of the molecule is CNC(=O)c1sc(-c2ccc(OC)cc2)c(C)c1OCc1ccc(S(=O)(=O)N=CN(C)C)cc1. The Hall–Kier alpha value is -3.37. The zero-order valence-corrected chi connectivity index (χ0v) is 21.3. The van der Waals surface area contributed by atoms with Gasteiger partial charge in [-0.1, -0.05) is 12.1 Å². The first-order chi connectivity index (χ1) is 16.2. The molecule has 1 amide bonds. The molecule has 1 aromatic heterocycles. The maximum absolute atomic E-state index is 12.5. The van der Waals surface area contributed by atoms with E-state index in [1.807, 2.05) is 31.2 Å². The zero-order valence-electron chi connectivity index (χ0n) is 19.7. The first-order valence-corrected chi connectivity index (χ1v) is 12.6. The molecule has 0 aliphatic carbocycles. The number of methoxy groups -OCH3 is 1. The average molecular weight is 502 g/mol. The number of nitrogens with zero attached hydrogens (tertiary/aromatic N) is 2. The second kappa shape index (κ2) is 10.7. The minimum Gasteiger partial charge on any atom is -0.497 e. The summed E-state index contributed by atoms with van der Waals surface area (Å²) in [5.41, 5.74) is 2.57. The van der Waals surface area contributed by atoms with Gasteiger partial charge < -0.3 is 19.7 Å². The molecule has 1 N–H and O–H groups in total. The molecule has 34 heavy (non-hydrogen) atoms. The van der Waals surface area contributed by atoms with Crippen LogP contribution in [0.4, 0.5) is 0 Å². The second-order valence-corrected chi connectivity index (χ2v) is 10.3. The van der Waals surface area contributed by atoms with Crippen LogP contribution in [0, 0.1) is 6.92 Å². The predicted molar refractivity (Wildman–Crippen MR) is 135 cm³/mol. The van der Waals surface area contributed by atoms with Crippen molar-refractivity contribution in [2.24, 2.45) is 4.40 Å². The normalized spacial score (nSPS) is 11.4. The molecule has 0 saturated heterocycles. The number of carbonyl (C=O) groups excluding carboxylic acids is 1. The monoisotopic (exact) mass is 501 g/mol. The van der Waals surface area contributed by atoms with Crippen molar-refractivity contribution in [3.63, 3.8) is 0 Å². The Balaban J connectivity index is 1.85. The Morgan fingerprint density at radius 1 is 1.12 bits per heavy atom. The first kappa shape index (κ1) is 25.3. The van der Waals surface area contributed by atoms with Gasteiger partial charge in [0.05, 0.1) is 12.0 Å². The van der Waals surface area contributed by atoms with E-state index in [4.69, 9.17) is 9.47 Å². The van der Waals surface area contributed by atoms with Gasteiger partial charge in [-0.05, 0) is 54.4 Å². The van der Waals surface area contributed by atoms with E-state index in [9.17, 15) is 13.2 Å². The van der Waals surface area contributed by atoms with E-state index in [-0.39, 0.29) is 17.4 Å². The molecule has 0 saturated carbocycles. The molecule has 8 nitrogen and oxygen atoms in total. The molecule has 0 aliphatic heterocycles. The lowest BCUT2D eigenvalue weighted by Gasteiger charge is -2.09. The highest BCUT2D eigenvalue weighted by atomic mass is 32.2. The first-order valence-electron chi connectivity index (χ1n) is 10.3. The minimum atomic E-state index is -3.77. The van der Waals surface area contributed by atoms with Crippen molar-refractivity contribution in [1.29, 1.82) is 0 Å². The summed E-state index contributed by atoms with van der Waals surface area (Å²) in [5.74, 6) is 1.02. The Morgan fingerprint density at radius 3 is 2.32 bits per heavy atom. The largest absolute Gasteiger partial charge is 0.497 e. The van der Waals surface area contributed by atoms with E-state index in [1.165, 1.54) is 29.8 Å². The molecule has 0 spiro atoms. The lowest BCUT2D eigenvalue weighted by atomic mass is 10.1. The van der Waals surface area contributed by atoms with Crippen LogP contribution in [0.3, 0.4) is 0 Å². The molecule has 0 bridgehead atoms. The fourth-order valence-corrected chi connectivity index (χ4v) is 5.20. The molecule has 3 aromatic rings. The van der Waals surface area contributed by atoms with Crippen molar-refractivity contribution >= 4 is 33.6 Å². The van der Waals surface area contributed by atoms with Gasteiger partial charge in [-0.3, -0.25) is 4.79 Å². The number of thiophene rings is 1. The number of sulfonamides is 1. The van der Waals surface area contributed by atoms with Gasteiger partial charge in [0.2, 0.25) is 0 Å². The average Bonchev–Trinajstić information content (AvgIpc) is 3.17. The van der Waals surface area contributed by atoms with Crippen molar-refractivity contribution in [2.75, 3.05) is 28.3 Å². The molecule has 0 fully saturated rings. The van der Waals surface area contributed by atoms with Crippen LogP contribution in [0.15, 0.2) is 57.8 Å². The number of amides is 1. The molecule has 2 aromatic carbocycles. The molecule has 180 valence electrons. The minimum absolute atomic E-state index is 0.0916. The fourth-order valence-electron chi connectivity index (χ4n) is 3.08. The molecule has 0 radical (unpaired) electrons. The van der Waals surface area contributed by atoms with E-state index in [0.29, 0.717) is 10.6 Å². The molecular formula is C24H27N3O5S2. The zero-order chi connectivity index (χ0) is 24.9. The van der Waals surface area contributed by atoms with Gasteiger partial charge in [0.25, 0.3) is 15.9 Å². The summed E-state index contributed by atoms with van der Waals surface area (Å²) in [5, 5.41) is 2.66. The van der Waals surface area contributed by atoms with E-state index < -0.39 is 10.0 Å². The van der Waals surface area contributed by atoms with Crippen molar-refractivity contribution in [3.8, 4) is 21.9 Å². The van der Waals surface area contributed by atoms with Crippen LogP contribution in [-0.2, 0) is 16.6 Å². The number of hydrogen-bond acceptors (Lipinski definition) is 6. The van der Waals surface area contributed by atoms with Gasteiger partial charge in [0.1, 0.15) is 29.3 Å². The highest BCUT2D eigenvalue weighted by molar-refractivity contribution is 7.90. The van der Waals surface area contributed by atoms with Crippen molar-refractivity contribution < 1.29 is 22.7 Å².